The second-order valence-corrected chi connectivity index (χ2v) is 3.26. The van der Waals surface area contributed by atoms with E-state index in [1.54, 1.807) is 0 Å². The van der Waals surface area contributed by atoms with Crippen molar-refractivity contribution in [3.63, 3.8) is 0 Å². The minimum Gasteiger partial charge on any atom is -0.404 e. The number of nitrogens with two attached hydrogens (primary N) is 1. The van der Waals surface area contributed by atoms with Crippen LogP contribution in [0.4, 0.5) is 17.6 Å². The molecule has 1 aromatic heterocycles. The van der Waals surface area contributed by atoms with Crippen LogP contribution < -0.4 is 10.5 Å². The molecule has 2 N–H and O–H groups in total. The van der Waals surface area contributed by atoms with Gasteiger partial charge in [-0.2, -0.15) is 4.39 Å². The van der Waals surface area contributed by atoms with Crippen molar-refractivity contribution in [1.82, 2.24) is 4.98 Å². The van der Waals surface area contributed by atoms with Gasteiger partial charge < -0.3 is 10.5 Å². The summed E-state index contributed by atoms with van der Waals surface area (Å²) in [7, 11) is 0. The maximum absolute atomic E-state index is 12.9. The van der Waals surface area contributed by atoms with Crippen LogP contribution >= 0.6 is 15.9 Å². The van der Waals surface area contributed by atoms with Gasteiger partial charge in [0.25, 0.3) is 0 Å². The number of rotatable bonds is 2. The summed E-state index contributed by atoms with van der Waals surface area (Å²) in [5, 5.41) is 0. The van der Waals surface area contributed by atoms with Crippen molar-refractivity contribution in [2.45, 2.75) is 12.9 Å². The molecule has 3 nitrogen and oxygen atoms in total. The Kier molecular flexibility index (Phi) is 3.50. The second-order valence-electron chi connectivity index (χ2n) is 2.47. The van der Waals surface area contributed by atoms with Gasteiger partial charge >= 0.3 is 6.36 Å². The van der Waals surface area contributed by atoms with Crippen LogP contribution in [0.15, 0.2) is 10.5 Å². The van der Waals surface area contributed by atoms with Gasteiger partial charge in [0.2, 0.25) is 5.95 Å². The molecule has 0 fully saturated rings. The van der Waals surface area contributed by atoms with E-state index in [1.165, 1.54) is 0 Å². The molecule has 1 heterocycles. The van der Waals surface area contributed by atoms with E-state index in [0.717, 1.165) is 6.07 Å². The van der Waals surface area contributed by atoms with Gasteiger partial charge in [-0.1, -0.05) is 0 Å². The normalized spacial score (nSPS) is 11.6. The first kappa shape index (κ1) is 12.2. The fourth-order valence-corrected chi connectivity index (χ4v) is 1.11. The highest BCUT2D eigenvalue weighted by molar-refractivity contribution is 9.10. The highest BCUT2D eigenvalue weighted by Crippen LogP contribution is 2.32. The Morgan fingerprint density at radius 1 is 1.47 bits per heavy atom. The Bertz CT molecular complexity index is 369. The molecule has 1 rings (SSSR count). The van der Waals surface area contributed by atoms with Crippen LogP contribution in [0.1, 0.15) is 5.69 Å². The number of alkyl halides is 3. The van der Waals surface area contributed by atoms with Gasteiger partial charge in [-0.15, -0.1) is 13.2 Å². The molecule has 0 aliphatic rings. The lowest BCUT2D eigenvalue weighted by molar-refractivity contribution is -0.275. The Morgan fingerprint density at radius 2 is 2.07 bits per heavy atom. The van der Waals surface area contributed by atoms with Gasteiger partial charge in [0.1, 0.15) is 10.2 Å². The van der Waals surface area contributed by atoms with Crippen LogP contribution in [0, 0.1) is 5.95 Å². The molecule has 0 aromatic carbocycles. The van der Waals surface area contributed by atoms with Gasteiger partial charge in [0.15, 0.2) is 0 Å². The van der Waals surface area contributed by atoms with E-state index in [-0.39, 0.29) is 12.2 Å². The van der Waals surface area contributed by atoms with Crippen molar-refractivity contribution in [2.75, 3.05) is 0 Å². The molecular formula is C7H5BrF4N2O. The van der Waals surface area contributed by atoms with Crippen LogP contribution in [0.3, 0.4) is 0 Å². The first-order valence-electron chi connectivity index (χ1n) is 3.64. The standard InChI is InChI=1S/C7H5BrF4N2O/c8-5-4(15-7(10,11)12)1-3(2-13)14-6(5)9/h1H,2,13H2. The maximum atomic E-state index is 12.9. The molecule has 84 valence electrons. The SMILES string of the molecule is NCc1cc(OC(F)(F)F)c(Br)c(F)n1. The Hall–Kier alpha value is -0.890. The fourth-order valence-electron chi connectivity index (χ4n) is 0.827. The molecule has 15 heavy (non-hydrogen) atoms. The minimum absolute atomic E-state index is 0.0325. The summed E-state index contributed by atoms with van der Waals surface area (Å²) in [4.78, 5) is 3.30. The lowest BCUT2D eigenvalue weighted by Gasteiger charge is -2.11. The van der Waals surface area contributed by atoms with Crippen molar-refractivity contribution in [3.05, 3.63) is 22.2 Å². The summed E-state index contributed by atoms with van der Waals surface area (Å²) in [5.74, 6) is -1.80. The van der Waals surface area contributed by atoms with Crippen molar-refractivity contribution < 1.29 is 22.3 Å². The van der Waals surface area contributed by atoms with E-state index in [2.05, 4.69) is 25.7 Å². The zero-order chi connectivity index (χ0) is 11.6. The molecule has 0 aliphatic heterocycles. The third kappa shape index (κ3) is 3.31. The average Bonchev–Trinajstić information content (AvgIpc) is 2.10. The van der Waals surface area contributed by atoms with Gasteiger partial charge in [0.05, 0.1) is 5.69 Å². The monoisotopic (exact) mass is 288 g/mol. The Morgan fingerprint density at radius 3 is 2.53 bits per heavy atom. The van der Waals surface area contributed by atoms with Crippen molar-refractivity contribution in [1.29, 1.82) is 0 Å². The molecule has 0 bridgehead atoms. The summed E-state index contributed by atoms with van der Waals surface area (Å²) >= 11 is 2.59. The molecule has 0 spiro atoms. The van der Waals surface area contributed by atoms with Crippen LogP contribution in [-0.2, 0) is 6.54 Å². The van der Waals surface area contributed by atoms with Crippen LogP contribution in [0.25, 0.3) is 0 Å². The molecule has 1 aromatic rings. The zero-order valence-corrected chi connectivity index (χ0v) is 8.69. The maximum Gasteiger partial charge on any atom is 0.573 e. The number of nitrogens with zero attached hydrogens (tertiary/aromatic N) is 1. The lowest BCUT2D eigenvalue weighted by Crippen LogP contribution is -2.18. The van der Waals surface area contributed by atoms with Crippen LogP contribution in [-0.4, -0.2) is 11.3 Å². The molecule has 0 saturated carbocycles. The summed E-state index contributed by atoms with van der Waals surface area (Å²) in [5.41, 5.74) is 5.09. The summed E-state index contributed by atoms with van der Waals surface area (Å²) in [6.45, 7) is -0.182. The number of aromatic nitrogens is 1. The lowest BCUT2D eigenvalue weighted by atomic mass is 10.3. The van der Waals surface area contributed by atoms with Gasteiger partial charge in [-0.25, -0.2) is 4.98 Å². The summed E-state index contributed by atoms with van der Waals surface area (Å²) < 4.78 is 51.6. The Labute approximate surface area is 90.4 Å². The zero-order valence-electron chi connectivity index (χ0n) is 7.11. The van der Waals surface area contributed by atoms with E-state index < -0.39 is 22.5 Å². The van der Waals surface area contributed by atoms with E-state index in [1.807, 2.05) is 0 Å². The van der Waals surface area contributed by atoms with E-state index in [9.17, 15) is 17.6 Å². The van der Waals surface area contributed by atoms with Gasteiger partial charge in [-0.05, 0) is 15.9 Å². The first-order valence-corrected chi connectivity index (χ1v) is 4.43. The molecule has 0 amide bonds. The number of hydrogen-bond donors (Lipinski definition) is 1. The molecule has 0 saturated heterocycles. The van der Waals surface area contributed by atoms with Gasteiger partial charge in [-0.3, -0.25) is 0 Å². The predicted octanol–water partition coefficient (Wildman–Crippen LogP) is 2.34. The minimum atomic E-state index is -4.89. The third-order valence-electron chi connectivity index (χ3n) is 1.37. The van der Waals surface area contributed by atoms with Crippen molar-refractivity contribution >= 4 is 15.9 Å². The third-order valence-corrected chi connectivity index (χ3v) is 2.09. The van der Waals surface area contributed by atoms with Crippen LogP contribution in [0.2, 0.25) is 0 Å². The van der Waals surface area contributed by atoms with Crippen molar-refractivity contribution in [3.8, 4) is 5.75 Å². The van der Waals surface area contributed by atoms with E-state index in [4.69, 9.17) is 5.73 Å². The van der Waals surface area contributed by atoms with E-state index >= 15 is 0 Å². The Balaban J connectivity index is 3.11. The number of hydrogen-bond acceptors (Lipinski definition) is 3. The highest BCUT2D eigenvalue weighted by atomic mass is 79.9. The van der Waals surface area contributed by atoms with Crippen LogP contribution in [0.5, 0.6) is 5.75 Å². The predicted molar refractivity (Wildman–Crippen MR) is 46.5 cm³/mol. The molecule has 0 radical (unpaired) electrons. The smallest absolute Gasteiger partial charge is 0.404 e. The molecule has 0 atom stereocenters. The molecule has 0 aliphatic carbocycles. The van der Waals surface area contributed by atoms with Crippen molar-refractivity contribution in [2.24, 2.45) is 5.73 Å². The molecule has 0 unspecified atom stereocenters. The van der Waals surface area contributed by atoms with E-state index in [0.29, 0.717) is 0 Å². The molecule has 8 heteroatoms. The largest absolute Gasteiger partial charge is 0.573 e. The quantitative estimate of drug-likeness (QED) is 0.671. The highest BCUT2D eigenvalue weighted by Gasteiger charge is 2.32. The number of halogens is 5. The summed E-state index contributed by atoms with van der Waals surface area (Å²) in [6, 6.07) is 0.917. The number of ether oxygens (including phenoxy) is 1. The average molecular weight is 289 g/mol. The van der Waals surface area contributed by atoms with Gasteiger partial charge in [0, 0.05) is 12.6 Å². The topological polar surface area (TPSA) is 48.1 Å². The second kappa shape index (κ2) is 4.31. The number of pyridine rings is 1. The summed E-state index contributed by atoms with van der Waals surface area (Å²) in [6.07, 6.45) is -4.89. The first-order chi connectivity index (χ1) is 6.83. The molecular weight excluding hydrogens is 284 g/mol. The fraction of sp³-hybridized carbons (Fsp3) is 0.286.